The molecule has 96 valence electrons. The van der Waals surface area contributed by atoms with Crippen LogP contribution in [0, 0.1) is 0 Å². The number of esters is 1. The summed E-state index contributed by atoms with van der Waals surface area (Å²) in [6.45, 7) is 0.0814. The van der Waals surface area contributed by atoms with E-state index in [1.165, 1.54) is 0 Å². The van der Waals surface area contributed by atoms with E-state index in [2.05, 4.69) is 9.99 Å². The molecule has 0 fully saturated rings. The average Bonchev–Trinajstić information content (AvgIpc) is 2.87. The molecule has 1 aromatic carbocycles. The van der Waals surface area contributed by atoms with Crippen LogP contribution in [-0.4, -0.2) is 24.2 Å². The van der Waals surface area contributed by atoms with Crippen LogP contribution in [0.3, 0.4) is 0 Å². The molecule has 1 aromatic rings. The monoisotopic (exact) mass is 255 g/mol. The second-order valence-corrected chi connectivity index (χ2v) is 3.78. The lowest BCUT2D eigenvalue weighted by molar-refractivity contribution is -0.136. The average molecular weight is 255 g/mol. The normalized spacial score (nSPS) is 18.4. The van der Waals surface area contributed by atoms with Gasteiger partial charge in [-0.05, 0) is 5.56 Å². The predicted molar refractivity (Wildman–Crippen MR) is 59.2 cm³/mol. The lowest BCUT2D eigenvalue weighted by Gasteiger charge is -2.05. The van der Waals surface area contributed by atoms with Crippen LogP contribution in [0.5, 0.6) is 0 Å². The number of halogens is 2. The van der Waals surface area contributed by atoms with Gasteiger partial charge >= 0.3 is 5.97 Å². The molecule has 1 heterocycles. The minimum Gasteiger partial charge on any atom is -0.456 e. The first-order chi connectivity index (χ1) is 8.66. The number of rotatable bonds is 4. The molecule has 4 nitrogen and oxygen atoms in total. The number of oxime groups is 1. The molecule has 0 saturated heterocycles. The Morgan fingerprint density at radius 2 is 2.17 bits per heavy atom. The Morgan fingerprint density at radius 1 is 1.44 bits per heavy atom. The van der Waals surface area contributed by atoms with E-state index >= 15 is 0 Å². The van der Waals surface area contributed by atoms with E-state index in [0.717, 1.165) is 5.56 Å². The van der Waals surface area contributed by atoms with Gasteiger partial charge in [-0.2, -0.15) is 0 Å². The standard InChI is InChI=1S/C12H11F2NO3/c13-11(14)10-6-9(15-18-10)12(16)17-7-8-4-2-1-3-5-8/h1-5,10-11H,6-7H2. The van der Waals surface area contributed by atoms with Crippen LogP contribution in [0.4, 0.5) is 8.78 Å². The molecule has 1 unspecified atom stereocenters. The highest BCUT2D eigenvalue weighted by Gasteiger charge is 2.33. The van der Waals surface area contributed by atoms with Gasteiger partial charge in [0.25, 0.3) is 6.43 Å². The van der Waals surface area contributed by atoms with Crippen LogP contribution in [0.25, 0.3) is 0 Å². The van der Waals surface area contributed by atoms with Crippen molar-refractivity contribution in [3.8, 4) is 0 Å². The number of nitrogens with zero attached hydrogens (tertiary/aromatic N) is 1. The van der Waals surface area contributed by atoms with Crippen LogP contribution in [0.1, 0.15) is 12.0 Å². The maximum atomic E-state index is 12.3. The molecule has 1 aliphatic heterocycles. The van der Waals surface area contributed by atoms with Crippen molar-refractivity contribution in [3.63, 3.8) is 0 Å². The van der Waals surface area contributed by atoms with Gasteiger partial charge in [-0.25, -0.2) is 13.6 Å². The van der Waals surface area contributed by atoms with Crippen molar-refractivity contribution >= 4 is 11.7 Å². The zero-order chi connectivity index (χ0) is 13.0. The molecule has 0 aliphatic carbocycles. The Labute approximate surface area is 102 Å². The zero-order valence-corrected chi connectivity index (χ0v) is 9.38. The number of benzene rings is 1. The molecule has 6 heteroatoms. The van der Waals surface area contributed by atoms with Crippen molar-refractivity contribution in [2.45, 2.75) is 25.6 Å². The highest BCUT2D eigenvalue weighted by Crippen LogP contribution is 2.18. The topological polar surface area (TPSA) is 47.9 Å². The maximum Gasteiger partial charge on any atom is 0.356 e. The van der Waals surface area contributed by atoms with Gasteiger partial charge < -0.3 is 9.57 Å². The first-order valence-corrected chi connectivity index (χ1v) is 5.38. The summed E-state index contributed by atoms with van der Waals surface area (Å²) in [4.78, 5) is 15.9. The van der Waals surface area contributed by atoms with Gasteiger partial charge in [0, 0.05) is 6.42 Å². The summed E-state index contributed by atoms with van der Waals surface area (Å²) >= 11 is 0. The Morgan fingerprint density at radius 3 is 2.78 bits per heavy atom. The molecular weight excluding hydrogens is 244 g/mol. The minimum absolute atomic E-state index is 0.0814. The lowest BCUT2D eigenvalue weighted by atomic mass is 10.2. The number of ether oxygens (including phenoxy) is 1. The van der Waals surface area contributed by atoms with Crippen molar-refractivity contribution in [3.05, 3.63) is 35.9 Å². The Hall–Kier alpha value is -1.98. The number of hydrogen-bond acceptors (Lipinski definition) is 4. The van der Waals surface area contributed by atoms with Crippen molar-refractivity contribution < 1.29 is 23.1 Å². The Bertz CT molecular complexity index is 448. The first kappa shape index (κ1) is 12.5. The van der Waals surface area contributed by atoms with E-state index in [9.17, 15) is 13.6 Å². The summed E-state index contributed by atoms with van der Waals surface area (Å²) in [6, 6.07) is 9.05. The van der Waals surface area contributed by atoms with Gasteiger partial charge in [0.05, 0.1) is 0 Å². The molecule has 0 N–H and O–H groups in total. The summed E-state index contributed by atoms with van der Waals surface area (Å²) in [6.07, 6.45) is -4.22. The van der Waals surface area contributed by atoms with Gasteiger partial charge in [-0.3, -0.25) is 0 Å². The lowest BCUT2D eigenvalue weighted by Crippen LogP contribution is -2.22. The van der Waals surface area contributed by atoms with Crippen LogP contribution >= 0.6 is 0 Å². The first-order valence-electron chi connectivity index (χ1n) is 5.38. The minimum atomic E-state index is -2.66. The number of alkyl halides is 2. The van der Waals surface area contributed by atoms with E-state index in [1.54, 1.807) is 12.1 Å². The molecule has 2 rings (SSSR count). The van der Waals surface area contributed by atoms with E-state index in [1.807, 2.05) is 18.2 Å². The van der Waals surface area contributed by atoms with Gasteiger partial charge in [0.15, 0.2) is 11.8 Å². The van der Waals surface area contributed by atoms with Crippen molar-refractivity contribution in [1.82, 2.24) is 0 Å². The number of hydrogen-bond donors (Lipinski definition) is 0. The number of carbonyl (C=O) groups excluding carboxylic acids is 1. The fraction of sp³-hybridized carbons (Fsp3) is 0.333. The molecule has 1 atom stereocenters. The highest BCUT2D eigenvalue weighted by molar-refractivity contribution is 6.36. The van der Waals surface area contributed by atoms with Crippen LogP contribution in [0.15, 0.2) is 35.5 Å². The zero-order valence-electron chi connectivity index (χ0n) is 9.38. The molecule has 0 spiro atoms. The third kappa shape index (κ3) is 3.03. The third-order valence-electron chi connectivity index (χ3n) is 2.42. The summed E-state index contributed by atoms with van der Waals surface area (Å²) in [7, 11) is 0. The summed E-state index contributed by atoms with van der Waals surface area (Å²) in [5, 5.41) is 3.31. The molecule has 0 bridgehead atoms. The van der Waals surface area contributed by atoms with Crippen LogP contribution in [-0.2, 0) is 21.0 Å². The van der Waals surface area contributed by atoms with Gasteiger partial charge in [-0.1, -0.05) is 35.5 Å². The highest BCUT2D eigenvalue weighted by atomic mass is 19.3. The predicted octanol–water partition coefficient (Wildman–Crippen LogP) is 2.14. The molecule has 0 amide bonds. The molecular formula is C12H11F2NO3. The maximum absolute atomic E-state index is 12.3. The fourth-order valence-electron chi connectivity index (χ4n) is 1.46. The van der Waals surface area contributed by atoms with Crippen molar-refractivity contribution in [2.75, 3.05) is 0 Å². The smallest absolute Gasteiger partial charge is 0.356 e. The molecule has 18 heavy (non-hydrogen) atoms. The van der Waals surface area contributed by atoms with Crippen LogP contribution < -0.4 is 0 Å². The Kier molecular flexibility index (Phi) is 3.86. The van der Waals surface area contributed by atoms with E-state index in [4.69, 9.17) is 4.74 Å². The van der Waals surface area contributed by atoms with Crippen molar-refractivity contribution in [2.24, 2.45) is 5.16 Å². The SMILES string of the molecule is O=C(OCc1ccccc1)C1=NOC(C(F)F)C1. The molecule has 1 aliphatic rings. The second-order valence-electron chi connectivity index (χ2n) is 3.78. The van der Waals surface area contributed by atoms with Crippen molar-refractivity contribution in [1.29, 1.82) is 0 Å². The van der Waals surface area contributed by atoms with E-state index in [-0.39, 0.29) is 18.7 Å². The van der Waals surface area contributed by atoms with Gasteiger partial charge in [0.1, 0.15) is 6.61 Å². The quantitative estimate of drug-likeness (QED) is 0.774. The second kappa shape index (κ2) is 5.57. The summed E-state index contributed by atoms with van der Waals surface area (Å²) in [5.41, 5.74) is 0.715. The molecule has 0 saturated carbocycles. The van der Waals surface area contributed by atoms with E-state index in [0.29, 0.717) is 0 Å². The largest absolute Gasteiger partial charge is 0.456 e. The van der Waals surface area contributed by atoms with Gasteiger partial charge in [0.2, 0.25) is 0 Å². The summed E-state index contributed by atoms with van der Waals surface area (Å²) in [5.74, 6) is -0.720. The molecule has 0 aromatic heterocycles. The van der Waals surface area contributed by atoms with Gasteiger partial charge in [-0.15, -0.1) is 0 Å². The summed E-state index contributed by atoms with van der Waals surface area (Å²) < 4.78 is 29.5. The van der Waals surface area contributed by atoms with E-state index < -0.39 is 18.5 Å². The third-order valence-corrected chi connectivity index (χ3v) is 2.42. The van der Waals surface area contributed by atoms with Crippen LogP contribution in [0.2, 0.25) is 0 Å². The Balaban J connectivity index is 1.83. The fourth-order valence-corrected chi connectivity index (χ4v) is 1.46. The number of carbonyl (C=O) groups is 1. The molecule has 0 radical (unpaired) electrons.